The fraction of sp³-hybridized carbons (Fsp3) is 0.556. The van der Waals surface area contributed by atoms with Crippen LogP contribution in [0.2, 0.25) is 0 Å². The van der Waals surface area contributed by atoms with Gasteiger partial charge in [0.2, 0.25) is 0 Å². The van der Waals surface area contributed by atoms with E-state index in [0.29, 0.717) is 12.7 Å². The number of unbranched alkanes of at least 4 members (excludes halogenated alkanes) is 1. The molecule has 6 heteroatoms. The van der Waals surface area contributed by atoms with E-state index in [1.807, 2.05) is 6.92 Å². The van der Waals surface area contributed by atoms with Crippen molar-refractivity contribution < 1.29 is 18.0 Å². The fourth-order valence-electron chi connectivity index (χ4n) is 1.20. The zero-order valence-electron chi connectivity index (χ0n) is 8.21. The highest BCUT2D eigenvalue weighted by Crippen LogP contribution is 2.29. The summed E-state index contributed by atoms with van der Waals surface area (Å²) in [6, 6.07) is 0.767. The molecule has 0 aliphatic carbocycles. The van der Waals surface area contributed by atoms with Gasteiger partial charge in [0, 0.05) is 6.54 Å². The van der Waals surface area contributed by atoms with E-state index in [2.05, 4.69) is 5.10 Å². The Balaban J connectivity index is 3.00. The summed E-state index contributed by atoms with van der Waals surface area (Å²) in [5, 5.41) is 3.56. The average molecular weight is 220 g/mol. The number of aromatic nitrogens is 2. The number of aryl methyl sites for hydroxylation is 1. The number of hydrogen-bond acceptors (Lipinski definition) is 2. The first kappa shape index (κ1) is 11.7. The van der Waals surface area contributed by atoms with Crippen LogP contribution in [0.3, 0.4) is 0 Å². The molecule has 0 saturated heterocycles. The monoisotopic (exact) mass is 220 g/mol. The molecular formula is C9H11F3N2O. The van der Waals surface area contributed by atoms with Crippen molar-refractivity contribution in [3.05, 3.63) is 17.5 Å². The number of alkyl halides is 3. The molecule has 0 radical (unpaired) electrons. The van der Waals surface area contributed by atoms with Crippen LogP contribution in [0.25, 0.3) is 0 Å². The van der Waals surface area contributed by atoms with Crippen LogP contribution in [-0.4, -0.2) is 16.1 Å². The number of hydrogen-bond donors (Lipinski definition) is 0. The zero-order valence-corrected chi connectivity index (χ0v) is 8.21. The molecule has 84 valence electrons. The molecule has 0 spiro atoms. The van der Waals surface area contributed by atoms with E-state index in [4.69, 9.17) is 0 Å². The van der Waals surface area contributed by atoms with E-state index in [-0.39, 0.29) is 12.2 Å². The van der Waals surface area contributed by atoms with Crippen molar-refractivity contribution in [1.29, 1.82) is 0 Å². The number of aldehydes is 1. The molecule has 0 fully saturated rings. The molecule has 0 aromatic carbocycles. The van der Waals surface area contributed by atoms with E-state index in [0.717, 1.165) is 17.2 Å². The molecule has 1 rings (SSSR count). The van der Waals surface area contributed by atoms with E-state index in [9.17, 15) is 18.0 Å². The van der Waals surface area contributed by atoms with Crippen molar-refractivity contribution >= 4 is 6.29 Å². The largest absolute Gasteiger partial charge is 0.433 e. The minimum absolute atomic E-state index is 0.180. The Labute approximate surface area is 84.9 Å². The summed E-state index contributed by atoms with van der Waals surface area (Å²) in [5.41, 5.74) is -1.04. The second-order valence-electron chi connectivity index (χ2n) is 3.15. The van der Waals surface area contributed by atoms with Gasteiger partial charge in [-0.15, -0.1) is 0 Å². The number of carbonyl (C=O) groups excluding carboxylic acids is 1. The normalized spacial score (nSPS) is 11.7. The van der Waals surface area contributed by atoms with Crippen LogP contribution < -0.4 is 0 Å². The Morgan fingerprint density at radius 1 is 1.53 bits per heavy atom. The maximum atomic E-state index is 12.4. The molecule has 15 heavy (non-hydrogen) atoms. The lowest BCUT2D eigenvalue weighted by Crippen LogP contribution is -2.14. The third-order valence-corrected chi connectivity index (χ3v) is 1.93. The molecule has 1 aromatic rings. The lowest BCUT2D eigenvalue weighted by Gasteiger charge is -2.09. The summed E-state index contributed by atoms with van der Waals surface area (Å²) in [6.07, 6.45) is -2.77. The lowest BCUT2D eigenvalue weighted by molar-refractivity contribution is -0.144. The molecule has 0 aliphatic heterocycles. The first-order valence-corrected chi connectivity index (χ1v) is 4.59. The highest BCUT2D eigenvalue weighted by Gasteiger charge is 2.35. The zero-order chi connectivity index (χ0) is 11.5. The second kappa shape index (κ2) is 4.46. The summed E-state index contributed by atoms with van der Waals surface area (Å²) in [7, 11) is 0. The van der Waals surface area contributed by atoms with Gasteiger partial charge in [-0.1, -0.05) is 13.3 Å². The summed E-state index contributed by atoms with van der Waals surface area (Å²) >= 11 is 0. The molecule has 0 atom stereocenters. The lowest BCUT2D eigenvalue weighted by atomic mass is 10.3. The van der Waals surface area contributed by atoms with Gasteiger partial charge in [0.1, 0.15) is 11.4 Å². The quantitative estimate of drug-likeness (QED) is 0.731. The number of halogens is 3. The first-order chi connectivity index (χ1) is 6.99. The highest BCUT2D eigenvalue weighted by atomic mass is 19.4. The van der Waals surface area contributed by atoms with Gasteiger partial charge in [0.25, 0.3) is 0 Å². The summed E-state index contributed by atoms with van der Waals surface area (Å²) in [6.45, 7) is 2.05. The van der Waals surface area contributed by atoms with Crippen LogP contribution >= 0.6 is 0 Å². The predicted octanol–water partition coefficient (Wildman–Crippen LogP) is 2.51. The minimum Gasteiger partial charge on any atom is -0.296 e. The Morgan fingerprint density at radius 2 is 2.20 bits per heavy atom. The molecule has 1 heterocycles. The number of carbonyl (C=O) groups is 1. The van der Waals surface area contributed by atoms with Crippen molar-refractivity contribution in [2.45, 2.75) is 32.5 Å². The molecule has 1 aromatic heterocycles. The van der Waals surface area contributed by atoms with Crippen molar-refractivity contribution in [3.8, 4) is 0 Å². The van der Waals surface area contributed by atoms with Crippen molar-refractivity contribution in [2.24, 2.45) is 0 Å². The molecule has 0 amide bonds. The Hall–Kier alpha value is -1.33. The summed E-state index contributed by atoms with van der Waals surface area (Å²) in [4.78, 5) is 10.3. The smallest absolute Gasteiger partial charge is 0.296 e. The van der Waals surface area contributed by atoms with Gasteiger partial charge in [-0.25, -0.2) is 0 Å². The number of nitrogens with zero attached hydrogens (tertiary/aromatic N) is 2. The molecular weight excluding hydrogens is 209 g/mol. The van der Waals surface area contributed by atoms with E-state index >= 15 is 0 Å². The van der Waals surface area contributed by atoms with Gasteiger partial charge in [0.05, 0.1) is 0 Å². The highest BCUT2D eigenvalue weighted by molar-refractivity contribution is 5.71. The molecule has 0 N–H and O–H groups in total. The SMILES string of the molecule is CCCCn1nc(C=O)cc1C(F)(F)F. The van der Waals surface area contributed by atoms with Crippen molar-refractivity contribution in [3.63, 3.8) is 0 Å². The number of rotatable bonds is 4. The second-order valence-corrected chi connectivity index (χ2v) is 3.15. The fourth-order valence-corrected chi connectivity index (χ4v) is 1.20. The predicted molar refractivity (Wildman–Crippen MR) is 47.5 cm³/mol. The average Bonchev–Trinajstić information content (AvgIpc) is 2.57. The third-order valence-electron chi connectivity index (χ3n) is 1.93. The molecule has 0 unspecified atom stereocenters. The topological polar surface area (TPSA) is 34.9 Å². The van der Waals surface area contributed by atoms with E-state index in [1.54, 1.807) is 0 Å². The molecule has 0 saturated carbocycles. The maximum absolute atomic E-state index is 12.4. The summed E-state index contributed by atoms with van der Waals surface area (Å²) < 4.78 is 38.2. The van der Waals surface area contributed by atoms with Crippen LogP contribution in [0, 0.1) is 0 Å². The Morgan fingerprint density at radius 3 is 2.67 bits per heavy atom. The Kier molecular flexibility index (Phi) is 3.49. The van der Waals surface area contributed by atoms with E-state index in [1.165, 1.54) is 0 Å². The summed E-state index contributed by atoms with van der Waals surface area (Å²) in [5.74, 6) is 0. The van der Waals surface area contributed by atoms with Crippen LogP contribution in [0.5, 0.6) is 0 Å². The van der Waals surface area contributed by atoms with Crippen LogP contribution in [-0.2, 0) is 12.7 Å². The van der Waals surface area contributed by atoms with Gasteiger partial charge in [-0.3, -0.25) is 9.48 Å². The van der Waals surface area contributed by atoms with E-state index < -0.39 is 11.9 Å². The van der Waals surface area contributed by atoms with Crippen LogP contribution in [0.15, 0.2) is 6.07 Å². The molecule has 0 aliphatic rings. The maximum Gasteiger partial charge on any atom is 0.433 e. The van der Waals surface area contributed by atoms with Gasteiger partial charge in [-0.05, 0) is 12.5 Å². The standard InChI is InChI=1S/C9H11F3N2O/c1-2-3-4-14-8(9(10,11)12)5-7(6-15)13-14/h5-6H,2-4H2,1H3. The minimum atomic E-state index is -4.46. The van der Waals surface area contributed by atoms with Crippen molar-refractivity contribution in [1.82, 2.24) is 9.78 Å². The van der Waals surface area contributed by atoms with Crippen molar-refractivity contribution in [2.75, 3.05) is 0 Å². The van der Waals surface area contributed by atoms with Gasteiger partial charge in [-0.2, -0.15) is 18.3 Å². The van der Waals surface area contributed by atoms with Crippen LogP contribution in [0.1, 0.15) is 35.9 Å². The van der Waals surface area contributed by atoms with Gasteiger partial charge in [0.15, 0.2) is 6.29 Å². The first-order valence-electron chi connectivity index (χ1n) is 4.59. The Bertz CT molecular complexity index is 344. The molecule has 3 nitrogen and oxygen atoms in total. The molecule has 0 bridgehead atoms. The van der Waals surface area contributed by atoms with Gasteiger partial charge >= 0.3 is 6.18 Å². The van der Waals surface area contributed by atoms with Crippen LogP contribution in [0.4, 0.5) is 13.2 Å². The third kappa shape index (κ3) is 2.81. The van der Waals surface area contributed by atoms with Gasteiger partial charge < -0.3 is 0 Å².